The Labute approximate surface area is 153 Å². The molecule has 1 aliphatic heterocycles. The van der Waals surface area contributed by atoms with Crippen LogP contribution in [0, 0.1) is 0 Å². The summed E-state index contributed by atoms with van der Waals surface area (Å²) in [5.74, 6) is 1.19. The average molecular weight is 372 g/mol. The minimum Gasteiger partial charge on any atom is -0.454 e. The maximum atomic E-state index is 12.2. The van der Waals surface area contributed by atoms with Gasteiger partial charge in [-0.1, -0.05) is 35.9 Å². The molecule has 7 nitrogen and oxygen atoms in total. The molecule has 1 amide bonds. The van der Waals surface area contributed by atoms with E-state index in [9.17, 15) is 4.79 Å². The Bertz CT molecular complexity index is 957. The molecule has 0 fully saturated rings. The summed E-state index contributed by atoms with van der Waals surface area (Å²) in [7, 11) is 0. The van der Waals surface area contributed by atoms with E-state index in [2.05, 4.69) is 15.5 Å². The topological polar surface area (TPSA) is 86.5 Å². The van der Waals surface area contributed by atoms with Gasteiger partial charge in [-0.2, -0.15) is 0 Å². The van der Waals surface area contributed by atoms with Gasteiger partial charge in [0.1, 0.15) is 0 Å². The molecule has 2 heterocycles. The molecule has 4 rings (SSSR count). The van der Waals surface area contributed by atoms with Crippen molar-refractivity contribution in [2.75, 3.05) is 6.79 Å². The number of fused-ring (bicyclic) bond motifs is 1. The van der Waals surface area contributed by atoms with Crippen molar-refractivity contribution in [3.8, 4) is 11.5 Å². The highest BCUT2D eigenvalue weighted by atomic mass is 35.5. The van der Waals surface area contributed by atoms with Crippen molar-refractivity contribution in [3.63, 3.8) is 0 Å². The molecule has 1 aliphatic rings. The van der Waals surface area contributed by atoms with Gasteiger partial charge in [-0.3, -0.25) is 4.79 Å². The van der Waals surface area contributed by atoms with Crippen LogP contribution in [0.15, 0.2) is 46.9 Å². The lowest BCUT2D eigenvalue weighted by Gasteiger charge is -2.04. The Morgan fingerprint density at radius 1 is 1.12 bits per heavy atom. The van der Waals surface area contributed by atoms with E-state index < -0.39 is 5.91 Å². The predicted octanol–water partition coefficient (Wildman–Crippen LogP) is 2.97. The van der Waals surface area contributed by atoms with Gasteiger partial charge in [-0.15, -0.1) is 10.2 Å². The fourth-order valence-electron chi connectivity index (χ4n) is 2.54. The number of aromatic nitrogens is 2. The number of nitrogens with zero attached hydrogens (tertiary/aromatic N) is 2. The van der Waals surface area contributed by atoms with Gasteiger partial charge in [0.2, 0.25) is 12.7 Å². The third-order valence-electron chi connectivity index (χ3n) is 3.85. The Morgan fingerprint density at radius 3 is 2.85 bits per heavy atom. The summed E-state index contributed by atoms with van der Waals surface area (Å²) < 4.78 is 16.1. The lowest BCUT2D eigenvalue weighted by Crippen LogP contribution is -2.23. The predicted molar refractivity (Wildman–Crippen MR) is 92.3 cm³/mol. The first-order valence-electron chi connectivity index (χ1n) is 7.91. The summed E-state index contributed by atoms with van der Waals surface area (Å²) in [6.45, 7) is 0.494. The molecule has 0 radical (unpaired) electrons. The fraction of sp³-hybridized carbons (Fsp3) is 0.167. The lowest BCUT2D eigenvalue weighted by atomic mass is 10.1. The maximum Gasteiger partial charge on any atom is 0.309 e. The molecule has 1 aromatic heterocycles. The number of rotatable bonds is 5. The van der Waals surface area contributed by atoms with Gasteiger partial charge in [0.15, 0.2) is 11.5 Å². The molecule has 26 heavy (non-hydrogen) atoms. The standard InChI is InChI=1S/C18H14ClN3O4/c19-13-4-2-1-3-12(13)9-20-17(23)18-22-21-16(26-18)8-11-5-6-14-15(7-11)25-10-24-14/h1-7H,8-10H2,(H,20,23). The summed E-state index contributed by atoms with van der Waals surface area (Å²) in [6.07, 6.45) is 0.390. The number of hydrogen-bond donors (Lipinski definition) is 1. The number of amides is 1. The fourth-order valence-corrected chi connectivity index (χ4v) is 2.74. The molecular formula is C18H14ClN3O4. The van der Waals surface area contributed by atoms with E-state index in [-0.39, 0.29) is 19.2 Å². The highest BCUT2D eigenvalue weighted by Gasteiger charge is 2.17. The monoisotopic (exact) mass is 371 g/mol. The molecule has 0 saturated heterocycles. The van der Waals surface area contributed by atoms with Crippen molar-refractivity contribution < 1.29 is 18.7 Å². The van der Waals surface area contributed by atoms with Gasteiger partial charge in [-0.25, -0.2) is 0 Å². The zero-order valence-corrected chi connectivity index (χ0v) is 14.3. The summed E-state index contributed by atoms with van der Waals surface area (Å²) in [5.41, 5.74) is 1.73. The Balaban J connectivity index is 1.39. The minimum absolute atomic E-state index is 0.0900. The van der Waals surface area contributed by atoms with E-state index in [4.69, 9.17) is 25.5 Å². The van der Waals surface area contributed by atoms with E-state index in [1.54, 1.807) is 6.07 Å². The molecule has 0 saturated carbocycles. The average Bonchev–Trinajstić information content (AvgIpc) is 3.30. The molecule has 0 unspecified atom stereocenters. The van der Waals surface area contributed by atoms with E-state index in [0.29, 0.717) is 28.8 Å². The SMILES string of the molecule is O=C(NCc1ccccc1Cl)c1nnc(Cc2ccc3c(c2)OCO3)o1. The van der Waals surface area contributed by atoms with Crippen LogP contribution in [0.4, 0.5) is 0 Å². The lowest BCUT2D eigenvalue weighted by molar-refractivity contribution is 0.0914. The van der Waals surface area contributed by atoms with Gasteiger partial charge in [0, 0.05) is 11.6 Å². The van der Waals surface area contributed by atoms with Crippen LogP contribution >= 0.6 is 11.6 Å². The van der Waals surface area contributed by atoms with Crippen LogP contribution in [-0.2, 0) is 13.0 Å². The van der Waals surface area contributed by atoms with Crippen LogP contribution in [0.2, 0.25) is 5.02 Å². The number of benzene rings is 2. The number of ether oxygens (including phenoxy) is 2. The van der Waals surface area contributed by atoms with Crippen molar-refractivity contribution in [2.24, 2.45) is 0 Å². The van der Waals surface area contributed by atoms with E-state index in [1.165, 1.54) is 0 Å². The highest BCUT2D eigenvalue weighted by Crippen LogP contribution is 2.33. The zero-order valence-electron chi connectivity index (χ0n) is 13.6. The number of carbonyl (C=O) groups is 1. The third kappa shape index (κ3) is 3.48. The number of nitrogens with one attached hydrogen (secondary N) is 1. The van der Waals surface area contributed by atoms with Crippen molar-refractivity contribution in [1.29, 1.82) is 0 Å². The number of hydrogen-bond acceptors (Lipinski definition) is 6. The molecule has 0 atom stereocenters. The van der Waals surface area contributed by atoms with Gasteiger partial charge >= 0.3 is 11.8 Å². The largest absolute Gasteiger partial charge is 0.454 e. The van der Waals surface area contributed by atoms with Crippen LogP contribution in [-0.4, -0.2) is 22.9 Å². The smallest absolute Gasteiger partial charge is 0.309 e. The highest BCUT2D eigenvalue weighted by molar-refractivity contribution is 6.31. The molecule has 3 aromatic rings. The van der Waals surface area contributed by atoms with Crippen molar-refractivity contribution in [1.82, 2.24) is 15.5 Å². The zero-order chi connectivity index (χ0) is 17.9. The molecular weight excluding hydrogens is 358 g/mol. The van der Waals surface area contributed by atoms with Crippen molar-refractivity contribution >= 4 is 17.5 Å². The molecule has 1 N–H and O–H groups in total. The van der Waals surface area contributed by atoms with Gasteiger partial charge in [0.05, 0.1) is 6.42 Å². The molecule has 0 aliphatic carbocycles. The molecule has 8 heteroatoms. The van der Waals surface area contributed by atoms with Gasteiger partial charge in [0.25, 0.3) is 0 Å². The molecule has 132 valence electrons. The minimum atomic E-state index is -0.450. The van der Waals surface area contributed by atoms with Crippen molar-refractivity contribution in [3.05, 3.63) is 70.4 Å². The van der Waals surface area contributed by atoms with E-state index in [1.807, 2.05) is 36.4 Å². The Morgan fingerprint density at radius 2 is 1.96 bits per heavy atom. The van der Waals surface area contributed by atoms with Crippen LogP contribution in [0.1, 0.15) is 27.7 Å². The van der Waals surface area contributed by atoms with Gasteiger partial charge in [-0.05, 0) is 29.3 Å². The second-order valence-electron chi connectivity index (χ2n) is 5.64. The van der Waals surface area contributed by atoms with Crippen LogP contribution in [0.5, 0.6) is 11.5 Å². The Hall–Kier alpha value is -3.06. The number of halogens is 1. The molecule has 2 aromatic carbocycles. The summed E-state index contributed by atoms with van der Waals surface area (Å²) in [6, 6.07) is 12.8. The molecule has 0 spiro atoms. The van der Waals surface area contributed by atoms with Gasteiger partial charge < -0.3 is 19.2 Å². The second-order valence-corrected chi connectivity index (χ2v) is 6.05. The first kappa shape index (κ1) is 16.4. The van der Waals surface area contributed by atoms with E-state index >= 15 is 0 Å². The quantitative estimate of drug-likeness (QED) is 0.742. The maximum absolute atomic E-state index is 12.2. The van der Waals surface area contributed by atoms with E-state index in [0.717, 1.165) is 11.1 Å². The first-order valence-corrected chi connectivity index (χ1v) is 8.29. The van der Waals surface area contributed by atoms with Crippen LogP contribution in [0.3, 0.4) is 0 Å². The Kier molecular flexibility index (Phi) is 4.45. The number of carbonyl (C=O) groups excluding carboxylic acids is 1. The third-order valence-corrected chi connectivity index (χ3v) is 4.22. The summed E-state index contributed by atoms with van der Waals surface area (Å²) in [4.78, 5) is 12.2. The summed E-state index contributed by atoms with van der Waals surface area (Å²) >= 11 is 6.07. The van der Waals surface area contributed by atoms with Crippen LogP contribution < -0.4 is 14.8 Å². The first-order chi connectivity index (χ1) is 12.7. The molecule has 0 bridgehead atoms. The van der Waals surface area contributed by atoms with Crippen molar-refractivity contribution in [2.45, 2.75) is 13.0 Å². The summed E-state index contributed by atoms with van der Waals surface area (Å²) in [5, 5.41) is 11.0. The normalized spacial score (nSPS) is 12.2. The second kappa shape index (κ2) is 7.05. The van der Waals surface area contributed by atoms with Crippen LogP contribution in [0.25, 0.3) is 0 Å².